The molecule has 0 aliphatic carbocycles. The van der Waals surface area contributed by atoms with Crippen molar-refractivity contribution in [2.45, 2.75) is 33.7 Å². The van der Waals surface area contributed by atoms with Crippen LogP contribution in [-0.2, 0) is 16.0 Å². The van der Waals surface area contributed by atoms with Gasteiger partial charge in [0, 0.05) is 53.8 Å². The van der Waals surface area contributed by atoms with Crippen molar-refractivity contribution in [3.8, 4) is 0 Å². The van der Waals surface area contributed by atoms with Crippen LogP contribution in [0.25, 0.3) is 10.9 Å². The Hall–Kier alpha value is -2.86. The Morgan fingerprint density at radius 1 is 1.14 bits per heavy atom. The lowest BCUT2D eigenvalue weighted by Gasteiger charge is -2.09. The summed E-state index contributed by atoms with van der Waals surface area (Å²) in [6, 6.07) is 9.40. The molecule has 0 amide bonds. The maximum atomic E-state index is 12.7. The summed E-state index contributed by atoms with van der Waals surface area (Å²) in [4.78, 5) is 28.4. The zero-order valence-electron chi connectivity index (χ0n) is 16.8. The zero-order valence-corrected chi connectivity index (χ0v) is 16.8. The van der Waals surface area contributed by atoms with E-state index in [0.29, 0.717) is 17.7 Å². The maximum absolute atomic E-state index is 12.7. The van der Waals surface area contributed by atoms with Crippen LogP contribution in [0, 0.1) is 20.8 Å². The van der Waals surface area contributed by atoms with Crippen molar-refractivity contribution in [1.29, 1.82) is 0 Å². The third-order valence-electron chi connectivity index (χ3n) is 5.04. The number of aryl methyl sites for hydroxylation is 2. The number of carbonyl (C=O) groups excluding carboxylic acids is 2. The van der Waals surface area contributed by atoms with E-state index < -0.39 is 5.97 Å². The molecular weight excluding hydrogens is 356 g/mol. The number of Topliss-reactive ketones (excluding diaryl/α,β-unsaturated/α-hetero) is 1. The molecule has 148 valence electrons. The lowest BCUT2D eigenvalue weighted by Crippen LogP contribution is -2.15. The van der Waals surface area contributed by atoms with Crippen LogP contribution >= 0.6 is 0 Å². The third-order valence-corrected chi connectivity index (χ3v) is 5.04. The summed E-state index contributed by atoms with van der Waals surface area (Å²) in [5.41, 5.74) is 4.58. The molecular formula is C22H26N2O4. The molecule has 0 fully saturated rings. The topological polar surface area (TPSA) is 73.3 Å². The summed E-state index contributed by atoms with van der Waals surface area (Å²) >= 11 is 0. The van der Waals surface area contributed by atoms with Gasteiger partial charge in [-0.05, 0) is 39.3 Å². The molecule has 0 atom stereocenters. The molecule has 0 aliphatic rings. The lowest BCUT2D eigenvalue weighted by atomic mass is 10.1. The number of fused-ring (bicyclic) bond motifs is 1. The Morgan fingerprint density at radius 3 is 2.64 bits per heavy atom. The van der Waals surface area contributed by atoms with Crippen molar-refractivity contribution in [2.75, 3.05) is 20.3 Å². The number of hydrogen-bond donors (Lipinski definition) is 1. The number of carbonyl (C=O) groups is 2. The summed E-state index contributed by atoms with van der Waals surface area (Å²) < 4.78 is 12.5. The molecule has 3 aromatic rings. The highest BCUT2D eigenvalue weighted by Crippen LogP contribution is 2.23. The molecule has 2 heterocycles. The normalized spacial score (nSPS) is 11.1. The number of ether oxygens (including phenoxy) is 2. The van der Waals surface area contributed by atoms with E-state index in [4.69, 9.17) is 9.47 Å². The van der Waals surface area contributed by atoms with Crippen molar-refractivity contribution in [3.63, 3.8) is 0 Å². The molecule has 0 radical (unpaired) electrons. The van der Waals surface area contributed by atoms with Crippen molar-refractivity contribution >= 4 is 22.7 Å². The lowest BCUT2D eigenvalue weighted by molar-refractivity contribution is 0.0475. The first kappa shape index (κ1) is 19.9. The predicted molar refractivity (Wildman–Crippen MR) is 108 cm³/mol. The smallest absolute Gasteiger partial charge is 0.341 e. The monoisotopic (exact) mass is 382 g/mol. The fourth-order valence-electron chi connectivity index (χ4n) is 3.62. The molecule has 0 spiro atoms. The third kappa shape index (κ3) is 3.87. The minimum Gasteiger partial charge on any atom is -0.454 e. The van der Waals surface area contributed by atoms with E-state index >= 15 is 0 Å². The maximum Gasteiger partial charge on any atom is 0.341 e. The Balaban J connectivity index is 1.71. The minimum absolute atomic E-state index is 0.197. The minimum atomic E-state index is -0.489. The Kier molecular flexibility index (Phi) is 5.99. The van der Waals surface area contributed by atoms with Crippen LogP contribution in [0.5, 0.6) is 0 Å². The van der Waals surface area contributed by atoms with Gasteiger partial charge in [0.1, 0.15) is 0 Å². The van der Waals surface area contributed by atoms with Crippen molar-refractivity contribution in [1.82, 2.24) is 9.55 Å². The zero-order chi connectivity index (χ0) is 20.3. The van der Waals surface area contributed by atoms with Crippen LogP contribution in [0.1, 0.15) is 44.2 Å². The second-order valence-electron chi connectivity index (χ2n) is 6.95. The Labute approximate surface area is 164 Å². The van der Waals surface area contributed by atoms with Crippen LogP contribution in [0.2, 0.25) is 0 Å². The number of ketones is 1. The molecule has 1 N–H and O–H groups in total. The summed E-state index contributed by atoms with van der Waals surface area (Å²) in [6.45, 7) is 6.89. The molecule has 0 bridgehead atoms. The van der Waals surface area contributed by atoms with Crippen LogP contribution in [0.15, 0.2) is 30.3 Å². The average Bonchev–Trinajstić information content (AvgIpc) is 3.16. The number of methoxy groups -OCH3 is 1. The fourth-order valence-corrected chi connectivity index (χ4v) is 3.62. The van der Waals surface area contributed by atoms with Gasteiger partial charge in [-0.1, -0.05) is 18.2 Å². The molecule has 28 heavy (non-hydrogen) atoms. The first-order chi connectivity index (χ1) is 13.4. The van der Waals surface area contributed by atoms with Gasteiger partial charge in [0.2, 0.25) is 5.78 Å². The highest BCUT2D eigenvalue weighted by molar-refractivity contribution is 6.07. The number of para-hydroxylation sites is 1. The van der Waals surface area contributed by atoms with Gasteiger partial charge in [-0.25, -0.2) is 4.79 Å². The number of hydrogen-bond acceptors (Lipinski definition) is 4. The van der Waals surface area contributed by atoms with Gasteiger partial charge in [0.25, 0.3) is 0 Å². The summed E-state index contributed by atoms with van der Waals surface area (Å²) in [5.74, 6) is -0.686. The molecule has 1 aromatic carbocycles. The van der Waals surface area contributed by atoms with Gasteiger partial charge in [0.15, 0.2) is 6.61 Å². The molecule has 6 heteroatoms. The van der Waals surface area contributed by atoms with Crippen LogP contribution in [0.3, 0.4) is 0 Å². The SMILES string of the molecule is COCCCn1c(C)cc(C(=O)COC(=O)c2c(C)[nH]c3ccccc23)c1C. The van der Waals surface area contributed by atoms with Crippen LogP contribution in [-0.4, -0.2) is 41.6 Å². The molecule has 6 nitrogen and oxygen atoms in total. The summed E-state index contributed by atoms with van der Waals surface area (Å²) in [5, 5.41) is 0.800. The standard InChI is InChI=1S/C22H26N2O4/c1-14-12-18(16(3)24(14)10-7-11-27-4)20(25)13-28-22(26)21-15(2)23-19-9-6-5-8-17(19)21/h5-6,8-9,12,23H,7,10-11,13H2,1-4H3. The van der Waals surface area contributed by atoms with Gasteiger partial charge < -0.3 is 19.0 Å². The number of nitrogens with zero attached hydrogens (tertiary/aromatic N) is 1. The predicted octanol–water partition coefficient (Wildman–Crippen LogP) is 3.97. The second kappa shape index (κ2) is 8.44. The van der Waals surface area contributed by atoms with Gasteiger partial charge in [-0.2, -0.15) is 0 Å². The highest BCUT2D eigenvalue weighted by atomic mass is 16.5. The van der Waals surface area contributed by atoms with E-state index in [1.54, 1.807) is 7.11 Å². The van der Waals surface area contributed by atoms with E-state index in [1.807, 2.05) is 51.1 Å². The Morgan fingerprint density at radius 2 is 1.89 bits per heavy atom. The summed E-state index contributed by atoms with van der Waals surface area (Å²) in [7, 11) is 1.67. The fraction of sp³-hybridized carbons (Fsp3) is 0.364. The van der Waals surface area contributed by atoms with E-state index in [9.17, 15) is 9.59 Å². The van der Waals surface area contributed by atoms with Crippen molar-refractivity contribution in [3.05, 3.63) is 58.5 Å². The molecule has 3 rings (SSSR count). The molecule has 0 saturated heterocycles. The van der Waals surface area contributed by atoms with Gasteiger partial charge in [-0.15, -0.1) is 0 Å². The first-order valence-corrected chi connectivity index (χ1v) is 9.37. The number of benzene rings is 1. The molecule has 0 saturated carbocycles. The quantitative estimate of drug-likeness (QED) is 0.363. The number of aromatic nitrogens is 2. The van der Waals surface area contributed by atoms with Crippen molar-refractivity contribution in [2.24, 2.45) is 0 Å². The van der Waals surface area contributed by atoms with E-state index in [0.717, 1.165) is 41.0 Å². The number of aromatic amines is 1. The van der Waals surface area contributed by atoms with Gasteiger partial charge >= 0.3 is 5.97 Å². The number of H-pyrrole nitrogens is 1. The number of nitrogens with one attached hydrogen (secondary N) is 1. The van der Waals surface area contributed by atoms with Crippen LogP contribution in [0.4, 0.5) is 0 Å². The average molecular weight is 382 g/mol. The molecule has 0 aliphatic heterocycles. The highest BCUT2D eigenvalue weighted by Gasteiger charge is 2.21. The molecule has 0 unspecified atom stereocenters. The van der Waals surface area contributed by atoms with E-state index in [1.165, 1.54) is 0 Å². The first-order valence-electron chi connectivity index (χ1n) is 9.37. The van der Waals surface area contributed by atoms with Gasteiger partial charge in [-0.3, -0.25) is 4.79 Å². The Bertz CT molecular complexity index is 1010. The van der Waals surface area contributed by atoms with E-state index in [2.05, 4.69) is 9.55 Å². The molecule has 2 aromatic heterocycles. The largest absolute Gasteiger partial charge is 0.454 e. The van der Waals surface area contributed by atoms with Gasteiger partial charge in [0.05, 0.1) is 5.56 Å². The number of esters is 1. The van der Waals surface area contributed by atoms with Crippen LogP contribution < -0.4 is 0 Å². The van der Waals surface area contributed by atoms with Crippen molar-refractivity contribution < 1.29 is 19.1 Å². The number of rotatable bonds is 8. The van der Waals surface area contributed by atoms with E-state index in [-0.39, 0.29) is 12.4 Å². The second-order valence-corrected chi connectivity index (χ2v) is 6.95. The summed E-state index contributed by atoms with van der Waals surface area (Å²) in [6.07, 6.45) is 0.870.